The first-order chi connectivity index (χ1) is 2.77. The van der Waals surface area contributed by atoms with Gasteiger partial charge in [0.1, 0.15) is 0 Å². The van der Waals surface area contributed by atoms with Gasteiger partial charge in [-0.15, -0.1) is 0 Å². The Kier molecular flexibility index (Phi) is 3.87. The van der Waals surface area contributed by atoms with E-state index in [-0.39, 0.29) is 0 Å². The van der Waals surface area contributed by atoms with Crippen molar-refractivity contribution < 1.29 is 4.79 Å². The third-order valence-corrected chi connectivity index (χ3v) is 0.680. The Morgan fingerprint density at radius 2 is 2.33 bits per heavy atom. The monoisotopic (exact) mass is 216 g/mol. The standard InChI is InChI=1S/C3H2ClIO/c4-3(6)1-2-5/h1-2H. The van der Waals surface area contributed by atoms with Crippen molar-refractivity contribution >= 4 is 39.4 Å². The second-order valence-electron chi connectivity index (χ2n) is 0.597. The van der Waals surface area contributed by atoms with Crippen LogP contribution >= 0.6 is 34.2 Å². The molecule has 0 aliphatic carbocycles. The van der Waals surface area contributed by atoms with Crippen LogP contribution < -0.4 is 0 Å². The molecule has 0 aromatic heterocycles. The van der Waals surface area contributed by atoms with Crippen LogP contribution in [0.15, 0.2) is 10.2 Å². The number of rotatable bonds is 1. The Morgan fingerprint density at radius 1 is 1.83 bits per heavy atom. The summed E-state index contributed by atoms with van der Waals surface area (Å²) in [4.78, 5) is 9.72. The van der Waals surface area contributed by atoms with Crippen LogP contribution in [0.25, 0.3) is 0 Å². The molecule has 0 aliphatic heterocycles. The van der Waals surface area contributed by atoms with Crippen molar-refractivity contribution in [3.05, 3.63) is 10.2 Å². The number of halogens is 2. The van der Waals surface area contributed by atoms with Gasteiger partial charge in [-0.25, -0.2) is 0 Å². The Balaban J connectivity index is 3.30. The summed E-state index contributed by atoms with van der Waals surface area (Å²) in [6.45, 7) is 0. The molecular formula is C3H2ClIO. The second kappa shape index (κ2) is 3.61. The van der Waals surface area contributed by atoms with E-state index < -0.39 is 5.24 Å². The summed E-state index contributed by atoms with van der Waals surface area (Å²) in [5.41, 5.74) is 0. The minimum absolute atomic E-state index is 0.426. The van der Waals surface area contributed by atoms with E-state index in [4.69, 9.17) is 11.6 Å². The van der Waals surface area contributed by atoms with Crippen LogP contribution in [0, 0.1) is 0 Å². The van der Waals surface area contributed by atoms with Crippen molar-refractivity contribution in [2.45, 2.75) is 0 Å². The molecular weight excluding hydrogens is 214 g/mol. The summed E-state index contributed by atoms with van der Waals surface area (Å²) in [7, 11) is 0. The van der Waals surface area contributed by atoms with Crippen LogP contribution in [-0.2, 0) is 4.79 Å². The lowest BCUT2D eigenvalue weighted by Crippen LogP contribution is -1.69. The molecule has 0 rings (SSSR count). The Bertz CT molecular complexity index is 78.9. The number of hydrogen-bond acceptors (Lipinski definition) is 1. The zero-order valence-electron chi connectivity index (χ0n) is 2.82. The highest BCUT2D eigenvalue weighted by molar-refractivity contribution is 14.1. The van der Waals surface area contributed by atoms with Crippen molar-refractivity contribution in [2.24, 2.45) is 0 Å². The van der Waals surface area contributed by atoms with Crippen molar-refractivity contribution in [1.29, 1.82) is 0 Å². The van der Waals surface area contributed by atoms with E-state index in [1.807, 2.05) is 22.6 Å². The lowest BCUT2D eigenvalue weighted by Gasteiger charge is -1.63. The van der Waals surface area contributed by atoms with Crippen LogP contribution in [0.1, 0.15) is 0 Å². The van der Waals surface area contributed by atoms with Gasteiger partial charge in [-0.05, 0) is 15.7 Å². The van der Waals surface area contributed by atoms with Gasteiger partial charge >= 0.3 is 0 Å². The summed E-state index contributed by atoms with van der Waals surface area (Å²) in [6.07, 6.45) is 1.28. The van der Waals surface area contributed by atoms with Crippen LogP contribution in [-0.4, -0.2) is 5.24 Å². The van der Waals surface area contributed by atoms with E-state index in [0.717, 1.165) is 0 Å². The van der Waals surface area contributed by atoms with Gasteiger partial charge in [0.2, 0.25) is 5.24 Å². The zero-order chi connectivity index (χ0) is 4.99. The third kappa shape index (κ3) is 4.43. The van der Waals surface area contributed by atoms with Gasteiger partial charge in [0.15, 0.2) is 0 Å². The highest BCUT2D eigenvalue weighted by atomic mass is 127. The first-order valence-corrected chi connectivity index (χ1v) is 2.86. The predicted molar refractivity (Wildman–Crippen MR) is 34.0 cm³/mol. The fourth-order valence-electron chi connectivity index (χ4n) is 0.0495. The smallest absolute Gasteiger partial charge is 0.245 e. The summed E-state index contributed by atoms with van der Waals surface area (Å²) >= 11 is 6.76. The maximum absolute atomic E-state index is 9.72. The van der Waals surface area contributed by atoms with Crippen LogP contribution in [0.4, 0.5) is 0 Å². The molecule has 0 N–H and O–H groups in total. The Hall–Kier alpha value is 0.430. The van der Waals surface area contributed by atoms with Gasteiger partial charge in [-0.1, -0.05) is 22.6 Å². The van der Waals surface area contributed by atoms with Crippen molar-refractivity contribution in [2.75, 3.05) is 0 Å². The average Bonchev–Trinajstić information content (AvgIpc) is 1.35. The molecule has 0 aliphatic rings. The molecule has 0 saturated heterocycles. The minimum atomic E-state index is -0.426. The summed E-state index contributed by atoms with van der Waals surface area (Å²) in [5.74, 6) is 0. The Labute approximate surface area is 54.5 Å². The summed E-state index contributed by atoms with van der Waals surface area (Å²) in [5, 5.41) is -0.426. The van der Waals surface area contributed by atoms with Crippen molar-refractivity contribution in [3.8, 4) is 0 Å². The van der Waals surface area contributed by atoms with Gasteiger partial charge in [0, 0.05) is 6.08 Å². The fourth-order valence-corrected chi connectivity index (χ4v) is 0.652. The van der Waals surface area contributed by atoms with Gasteiger partial charge in [0.05, 0.1) is 0 Å². The lowest BCUT2D eigenvalue weighted by molar-refractivity contribution is -0.107. The molecule has 0 heterocycles. The van der Waals surface area contributed by atoms with Crippen LogP contribution in [0.3, 0.4) is 0 Å². The van der Waals surface area contributed by atoms with Crippen LogP contribution in [0.2, 0.25) is 0 Å². The Morgan fingerprint density at radius 3 is 2.33 bits per heavy atom. The maximum atomic E-state index is 9.72. The molecule has 0 radical (unpaired) electrons. The molecule has 34 valence electrons. The number of hydrogen-bond donors (Lipinski definition) is 0. The molecule has 0 saturated carbocycles. The summed E-state index contributed by atoms with van der Waals surface area (Å²) < 4.78 is 1.56. The predicted octanol–water partition coefficient (Wildman–Crippen LogP) is 1.70. The molecule has 0 fully saturated rings. The molecule has 0 bridgehead atoms. The SMILES string of the molecule is O=C(Cl)C=CI. The molecule has 0 atom stereocenters. The number of carbonyl (C=O) groups is 1. The average molecular weight is 216 g/mol. The third-order valence-electron chi connectivity index (χ3n) is 0.194. The van der Waals surface area contributed by atoms with E-state index in [1.54, 1.807) is 4.08 Å². The number of allylic oxidation sites excluding steroid dienone is 1. The van der Waals surface area contributed by atoms with Gasteiger partial charge in [0.25, 0.3) is 0 Å². The molecule has 0 aromatic carbocycles. The van der Waals surface area contributed by atoms with E-state index in [1.165, 1.54) is 6.08 Å². The first-order valence-electron chi connectivity index (χ1n) is 1.23. The van der Waals surface area contributed by atoms with Gasteiger partial charge in [-0.2, -0.15) is 0 Å². The first kappa shape index (κ1) is 6.43. The molecule has 0 unspecified atom stereocenters. The second-order valence-corrected chi connectivity index (χ2v) is 1.69. The normalized spacial score (nSPS) is 9.67. The van der Waals surface area contributed by atoms with E-state index in [0.29, 0.717) is 0 Å². The molecule has 1 nitrogen and oxygen atoms in total. The molecule has 3 heteroatoms. The zero-order valence-corrected chi connectivity index (χ0v) is 5.73. The highest BCUT2D eigenvalue weighted by Crippen LogP contribution is 1.86. The van der Waals surface area contributed by atoms with E-state index in [2.05, 4.69) is 0 Å². The quantitative estimate of drug-likeness (QED) is 0.370. The van der Waals surface area contributed by atoms with E-state index in [9.17, 15) is 4.79 Å². The minimum Gasteiger partial charge on any atom is -0.276 e. The largest absolute Gasteiger partial charge is 0.276 e. The van der Waals surface area contributed by atoms with E-state index >= 15 is 0 Å². The van der Waals surface area contributed by atoms with Crippen LogP contribution in [0.5, 0.6) is 0 Å². The fraction of sp³-hybridized carbons (Fsp3) is 0. The molecule has 0 aromatic rings. The topological polar surface area (TPSA) is 17.1 Å². The van der Waals surface area contributed by atoms with Gasteiger partial charge in [-0.3, -0.25) is 4.79 Å². The molecule has 0 amide bonds. The summed E-state index contributed by atoms with van der Waals surface area (Å²) in [6, 6.07) is 0. The van der Waals surface area contributed by atoms with Gasteiger partial charge < -0.3 is 0 Å². The molecule has 0 spiro atoms. The lowest BCUT2D eigenvalue weighted by atomic mass is 10.7. The van der Waals surface area contributed by atoms with Crippen molar-refractivity contribution in [3.63, 3.8) is 0 Å². The maximum Gasteiger partial charge on any atom is 0.245 e. The number of carbonyl (C=O) groups excluding carboxylic acids is 1. The molecule has 6 heavy (non-hydrogen) atoms. The highest BCUT2D eigenvalue weighted by Gasteiger charge is 1.77. The van der Waals surface area contributed by atoms with Crippen molar-refractivity contribution in [1.82, 2.24) is 0 Å².